The summed E-state index contributed by atoms with van der Waals surface area (Å²) in [5.74, 6) is -1.53. The number of halogens is 3. The van der Waals surface area contributed by atoms with E-state index in [0.29, 0.717) is 21.9 Å². The van der Waals surface area contributed by atoms with Crippen LogP contribution in [-0.4, -0.2) is 25.4 Å². The topological polar surface area (TPSA) is 41.9 Å². The number of carbonyl (C=O) groups excluding carboxylic acids is 1. The molecule has 0 N–H and O–H groups in total. The molecule has 25 heavy (non-hydrogen) atoms. The maximum atomic E-state index is 13.0. The van der Waals surface area contributed by atoms with Gasteiger partial charge in [0.1, 0.15) is 5.75 Å². The second-order valence-electron chi connectivity index (χ2n) is 5.43. The minimum absolute atomic E-state index is 0.0760. The molecule has 132 valence electrons. The summed E-state index contributed by atoms with van der Waals surface area (Å²) in [6.45, 7) is 3.44. The molecule has 2 aromatic rings. The summed E-state index contributed by atoms with van der Waals surface area (Å²) in [4.78, 5) is 11.8. The first-order valence-corrected chi connectivity index (χ1v) is 7.39. The number of methoxy groups -OCH3 is 1. The first kappa shape index (κ1) is 18.5. The predicted octanol–water partition coefficient (Wildman–Crippen LogP) is 4.24. The van der Waals surface area contributed by atoms with E-state index in [9.17, 15) is 18.0 Å². The highest BCUT2D eigenvalue weighted by Gasteiger charge is 2.43. The largest absolute Gasteiger partial charge is 0.497 e. The monoisotopic (exact) mass is 350 g/mol. The van der Waals surface area contributed by atoms with Crippen LogP contribution < -0.4 is 9.75 Å². The van der Waals surface area contributed by atoms with E-state index in [1.54, 1.807) is 43.3 Å². The number of aryl methyl sites for hydroxylation is 2. The van der Waals surface area contributed by atoms with Crippen LogP contribution in [0.4, 0.5) is 18.9 Å². The van der Waals surface area contributed by atoms with Crippen LogP contribution in [0.1, 0.15) is 16.7 Å². The summed E-state index contributed by atoms with van der Waals surface area (Å²) < 4.78 is 43.9. The molecule has 4 nitrogen and oxygen atoms in total. The lowest BCUT2D eigenvalue weighted by Crippen LogP contribution is -2.38. The maximum absolute atomic E-state index is 13.0. The Morgan fingerprint density at radius 3 is 2.48 bits per heavy atom. The van der Waals surface area contributed by atoms with E-state index in [4.69, 9.17) is 4.74 Å². The number of benzene rings is 2. The van der Waals surface area contributed by atoms with Gasteiger partial charge in [0.05, 0.1) is 19.0 Å². The molecule has 2 aromatic carbocycles. The van der Waals surface area contributed by atoms with Gasteiger partial charge in [0, 0.05) is 0 Å². The van der Waals surface area contributed by atoms with Crippen molar-refractivity contribution in [2.45, 2.75) is 20.0 Å². The number of nitrogens with zero attached hydrogens (tertiary/aromatic N) is 2. The zero-order chi connectivity index (χ0) is 18.6. The smallest absolute Gasteiger partial charge is 0.473 e. The molecule has 0 aliphatic heterocycles. The van der Waals surface area contributed by atoms with Gasteiger partial charge in [0.15, 0.2) is 0 Å². The van der Waals surface area contributed by atoms with E-state index in [-0.39, 0.29) is 5.69 Å². The molecule has 0 spiro atoms. The Bertz CT molecular complexity index is 801. The van der Waals surface area contributed by atoms with Crippen LogP contribution >= 0.6 is 0 Å². The summed E-state index contributed by atoms with van der Waals surface area (Å²) in [6.07, 6.45) is -3.85. The highest BCUT2D eigenvalue weighted by molar-refractivity contribution is 5.99. The first-order valence-electron chi connectivity index (χ1n) is 7.39. The van der Waals surface area contributed by atoms with Gasteiger partial charge in [-0.25, -0.2) is 0 Å². The lowest BCUT2D eigenvalue weighted by atomic mass is 10.1. The SMILES string of the molecule is COc1cccc(/C=N/N(C(=O)C(F)(F)F)c2ccc(C)cc2C)c1. The molecule has 7 heteroatoms. The van der Waals surface area contributed by atoms with Gasteiger partial charge in [-0.05, 0) is 43.2 Å². The Balaban J connectivity index is 2.44. The van der Waals surface area contributed by atoms with Crippen molar-refractivity contribution >= 4 is 17.8 Å². The number of amides is 1. The molecule has 1 amide bonds. The molecule has 0 aromatic heterocycles. The van der Waals surface area contributed by atoms with Crippen molar-refractivity contribution in [3.63, 3.8) is 0 Å². The van der Waals surface area contributed by atoms with E-state index in [0.717, 1.165) is 5.56 Å². The molecule has 0 saturated heterocycles. The average molecular weight is 350 g/mol. The number of hydrogen-bond acceptors (Lipinski definition) is 3. The number of ether oxygens (including phenoxy) is 1. The molecule has 0 atom stereocenters. The Morgan fingerprint density at radius 2 is 1.88 bits per heavy atom. The molecular weight excluding hydrogens is 333 g/mol. The molecule has 0 fully saturated rings. The fourth-order valence-corrected chi connectivity index (χ4v) is 2.23. The molecule has 2 rings (SSSR count). The summed E-state index contributed by atoms with van der Waals surface area (Å²) in [6, 6.07) is 11.4. The van der Waals surface area contributed by atoms with Crippen LogP contribution in [0.15, 0.2) is 47.6 Å². The Kier molecular flexibility index (Phi) is 5.46. The number of rotatable bonds is 4. The number of alkyl halides is 3. The van der Waals surface area contributed by atoms with E-state index >= 15 is 0 Å². The molecule has 0 bridgehead atoms. The van der Waals surface area contributed by atoms with Crippen molar-refractivity contribution < 1.29 is 22.7 Å². The Hall–Kier alpha value is -2.83. The van der Waals surface area contributed by atoms with Gasteiger partial charge in [0.25, 0.3) is 0 Å². The zero-order valence-electron chi connectivity index (χ0n) is 14.0. The summed E-state index contributed by atoms with van der Waals surface area (Å²) >= 11 is 0. The molecule has 0 heterocycles. The maximum Gasteiger partial charge on any atom is 0.473 e. The lowest BCUT2D eigenvalue weighted by Gasteiger charge is -2.20. The van der Waals surface area contributed by atoms with Crippen molar-refractivity contribution in [2.75, 3.05) is 12.1 Å². The molecular formula is C18H17F3N2O2. The van der Waals surface area contributed by atoms with Crippen LogP contribution in [0.25, 0.3) is 0 Å². The minimum atomic E-state index is -5.04. The third-order valence-corrected chi connectivity index (χ3v) is 3.43. The normalized spacial score (nSPS) is 11.6. The van der Waals surface area contributed by atoms with Crippen LogP contribution in [0, 0.1) is 13.8 Å². The minimum Gasteiger partial charge on any atom is -0.497 e. The predicted molar refractivity (Wildman–Crippen MR) is 90.0 cm³/mol. The number of carbonyl (C=O) groups is 1. The van der Waals surface area contributed by atoms with E-state index < -0.39 is 12.1 Å². The molecule has 0 saturated carbocycles. The zero-order valence-corrected chi connectivity index (χ0v) is 14.0. The molecule has 0 unspecified atom stereocenters. The standard InChI is InChI=1S/C18H17F3N2O2/c1-12-7-8-16(13(2)9-12)23(17(24)18(19,20)21)22-11-14-5-4-6-15(10-14)25-3/h4-11H,1-3H3/b22-11+. The Morgan fingerprint density at radius 1 is 1.16 bits per heavy atom. The summed E-state index contributed by atoms with van der Waals surface area (Å²) in [5.41, 5.74) is 1.97. The quantitative estimate of drug-likeness (QED) is 0.611. The fraction of sp³-hybridized carbons (Fsp3) is 0.222. The van der Waals surface area contributed by atoms with Gasteiger partial charge in [-0.2, -0.15) is 23.3 Å². The van der Waals surface area contributed by atoms with Crippen LogP contribution in [-0.2, 0) is 4.79 Å². The van der Waals surface area contributed by atoms with Gasteiger partial charge < -0.3 is 4.74 Å². The van der Waals surface area contributed by atoms with Crippen molar-refractivity contribution in [1.82, 2.24) is 0 Å². The van der Waals surface area contributed by atoms with Gasteiger partial charge in [0.2, 0.25) is 0 Å². The second-order valence-corrected chi connectivity index (χ2v) is 5.43. The van der Waals surface area contributed by atoms with Gasteiger partial charge in [-0.1, -0.05) is 29.8 Å². The van der Waals surface area contributed by atoms with Crippen LogP contribution in [0.5, 0.6) is 5.75 Å². The van der Waals surface area contributed by atoms with Crippen molar-refractivity contribution in [1.29, 1.82) is 0 Å². The molecule has 0 radical (unpaired) electrons. The average Bonchev–Trinajstić information content (AvgIpc) is 2.55. The van der Waals surface area contributed by atoms with Crippen LogP contribution in [0.2, 0.25) is 0 Å². The fourth-order valence-electron chi connectivity index (χ4n) is 2.23. The lowest BCUT2D eigenvalue weighted by molar-refractivity contribution is -0.170. The van der Waals surface area contributed by atoms with Gasteiger partial charge >= 0.3 is 12.1 Å². The van der Waals surface area contributed by atoms with Crippen molar-refractivity contribution in [2.24, 2.45) is 5.10 Å². The third-order valence-electron chi connectivity index (χ3n) is 3.43. The number of anilines is 1. The third kappa shape index (κ3) is 4.59. The van der Waals surface area contributed by atoms with Crippen molar-refractivity contribution in [3.05, 3.63) is 59.2 Å². The van der Waals surface area contributed by atoms with Crippen LogP contribution in [0.3, 0.4) is 0 Å². The summed E-state index contributed by atoms with van der Waals surface area (Å²) in [5, 5.41) is 4.15. The first-order chi connectivity index (χ1) is 11.7. The van der Waals surface area contributed by atoms with Crippen molar-refractivity contribution in [3.8, 4) is 5.75 Å². The Labute approximate surface area is 143 Å². The number of hydrazone groups is 1. The molecule has 0 aliphatic carbocycles. The highest BCUT2D eigenvalue weighted by atomic mass is 19.4. The second kappa shape index (κ2) is 7.38. The summed E-state index contributed by atoms with van der Waals surface area (Å²) in [7, 11) is 1.48. The van der Waals surface area contributed by atoms with Gasteiger partial charge in [-0.3, -0.25) is 4.79 Å². The van der Waals surface area contributed by atoms with E-state index in [1.807, 2.05) is 6.92 Å². The van der Waals surface area contributed by atoms with Gasteiger partial charge in [-0.15, -0.1) is 0 Å². The molecule has 0 aliphatic rings. The highest BCUT2D eigenvalue weighted by Crippen LogP contribution is 2.27. The number of hydrogen-bond donors (Lipinski definition) is 0. The van der Waals surface area contributed by atoms with E-state index in [1.165, 1.54) is 19.4 Å². The van der Waals surface area contributed by atoms with E-state index in [2.05, 4.69) is 5.10 Å².